The van der Waals surface area contributed by atoms with Crippen molar-refractivity contribution in [2.45, 2.75) is 27.2 Å². The summed E-state index contributed by atoms with van der Waals surface area (Å²) in [5, 5.41) is 6.19. The molecule has 1 N–H and O–H groups in total. The molecule has 0 spiro atoms. The number of rotatable bonds is 4. The van der Waals surface area contributed by atoms with Crippen LogP contribution in [-0.4, -0.2) is 11.6 Å². The van der Waals surface area contributed by atoms with Crippen LogP contribution in [0.1, 0.15) is 40.1 Å². The molecule has 0 atom stereocenters. The average Bonchev–Trinajstić information content (AvgIpc) is 3.00. The van der Waals surface area contributed by atoms with Gasteiger partial charge in [0.2, 0.25) is 0 Å². The molecule has 0 aliphatic carbocycles. The molecule has 0 fully saturated rings. The molecule has 0 aliphatic rings. The van der Waals surface area contributed by atoms with Gasteiger partial charge in [-0.1, -0.05) is 13.0 Å². The molecule has 0 radical (unpaired) electrons. The Morgan fingerprint density at radius 3 is 2.79 bits per heavy atom. The minimum Gasteiger partial charge on any atom is -0.466 e. The largest absolute Gasteiger partial charge is 0.466 e. The predicted molar refractivity (Wildman–Crippen MR) is 76.8 cm³/mol. The third kappa shape index (κ3) is 3.12. The smallest absolute Gasteiger partial charge is 0.274 e. The maximum absolute atomic E-state index is 12.0. The number of hydrazone groups is 1. The normalized spacial score (nSPS) is 11.6. The fourth-order valence-corrected chi connectivity index (χ4v) is 2.57. The molecule has 4 nitrogen and oxygen atoms in total. The number of hydrogen-bond donors (Lipinski definition) is 1. The first-order valence-corrected chi connectivity index (χ1v) is 6.97. The lowest BCUT2D eigenvalue weighted by atomic mass is 10.2. The molecule has 2 rings (SSSR count). The molecule has 2 heterocycles. The summed E-state index contributed by atoms with van der Waals surface area (Å²) in [7, 11) is 0. The number of thiophene rings is 1. The van der Waals surface area contributed by atoms with E-state index in [0.29, 0.717) is 11.3 Å². The average molecular weight is 276 g/mol. The van der Waals surface area contributed by atoms with Crippen LogP contribution in [0.5, 0.6) is 0 Å². The van der Waals surface area contributed by atoms with Crippen molar-refractivity contribution in [1.82, 2.24) is 5.43 Å². The number of nitrogens with zero attached hydrogens (tertiary/aromatic N) is 1. The van der Waals surface area contributed by atoms with Crippen LogP contribution in [0.15, 0.2) is 33.1 Å². The molecule has 1 amide bonds. The van der Waals surface area contributed by atoms with Gasteiger partial charge in [-0.2, -0.15) is 5.10 Å². The summed E-state index contributed by atoms with van der Waals surface area (Å²) in [4.78, 5) is 13.1. The Morgan fingerprint density at radius 1 is 1.47 bits per heavy atom. The molecule has 100 valence electrons. The summed E-state index contributed by atoms with van der Waals surface area (Å²) in [6.45, 7) is 5.60. The lowest BCUT2D eigenvalue weighted by Crippen LogP contribution is -2.19. The van der Waals surface area contributed by atoms with Gasteiger partial charge in [0.1, 0.15) is 11.5 Å². The lowest BCUT2D eigenvalue weighted by molar-refractivity contribution is 0.0953. The zero-order valence-electron chi connectivity index (χ0n) is 11.2. The molecule has 0 aromatic carbocycles. The van der Waals surface area contributed by atoms with Gasteiger partial charge in [-0.3, -0.25) is 4.79 Å². The van der Waals surface area contributed by atoms with Crippen LogP contribution in [0.3, 0.4) is 0 Å². The van der Waals surface area contributed by atoms with E-state index in [9.17, 15) is 4.79 Å². The van der Waals surface area contributed by atoms with Crippen molar-refractivity contribution in [3.63, 3.8) is 0 Å². The molecule has 0 bridgehead atoms. The molecule has 0 saturated heterocycles. The van der Waals surface area contributed by atoms with Crippen LogP contribution >= 0.6 is 11.3 Å². The van der Waals surface area contributed by atoms with E-state index in [2.05, 4.69) is 10.5 Å². The second-order valence-corrected chi connectivity index (χ2v) is 5.10. The Labute approximate surface area is 116 Å². The first-order chi connectivity index (χ1) is 9.11. The summed E-state index contributed by atoms with van der Waals surface area (Å²) in [5.41, 5.74) is 3.99. The van der Waals surface area contributed by atoms with Gasteiger partial charge in [0.25, 0.3) is 5.91 Å². The molecule has 0 saturated carbocycles. The second-order valence-electron chi connectivity index (χ2n) is 4.16. The maximum Gasteiger partial charge on any atom is 0.274 e. The van der Waals surface area contributed by atoms with E-state index in [1.54, 1.807) is 24.3 Å². The first-order valence-electron chi connectivity index (χ1n) is 6.09. The Bertz CT molecular complexity index is 597. The van der Waals surface area contributed by atoms with Crippen LogP contribution in [0.4, 0.5) is 0 Å². The van der Waals surface area contributed by atoms with E-state index in [4.69, 9.17) is 4.42 Å². The predicted octanol–water partition coefficient (Wildman–Crippen LogP) is 3.50. The highest BCUT2D eigenvalue weighted by molar-refractivity contribution is 7.12. The minimum absolute atomic E-state index is 0.239. The molecule has 2 aromatic heterocycles. The van der Waals surface area contributed by atoms with Gasteiger partial charge in [0.15, 0.2) is 0 Å². The molecular weight excluding hydrogens is 260 g/mol. The van der Waals surface area contributed by atoms with Gasteiger partial charge in [-0.05, 0) is 37.8 Å². The highest BCUT2D eigenvalue weighted by Gasteiger charge is 2.13. The van der Waals surface area contributed by atoms with Crippen molar-refractivity contribution in [2.75, 3.05) is 0 Å². The van der Waals surface area contributed by atoms with Gasteiger partial charge in [-0.15, -0.1) is 11.3 Å². The zero-order valence-corrected chi connectivity index (χ0v) is 12.0. The van der Waals surface area contributed by atoms with E-state index < -0.39 is 0 Å². The molecule has 0 aliphatic heterocycles. The van der Waals surface area contributed by atoms with Crippen molar-refractivity contribution in [1.29, 1.82) is 0 Å². The maximum atomic E-state index is 12.0. The van der Waals surface area contributed by atoms with E-state index in [1.165, 1.54) is 0 Å². The van der Waals surface area contributed by atoms with Crippen LogP contribution in [0.25, 0.3) is 0 Å². The van der Waals surface area contributed by atoms with E-state index in [-0.39, 0.29) is 5.91 Å². The number of hydrogen-bond acceptors (Lipinski definition) is 4. The van der Waals surface area contributed by atoms with Crippen LogP contribution in [0, 0.1) is 13.8 Å². The summed E-state index contributed by atoms with van der Waals surface area (Å²) in [5.74, 6) is 1.09. The summed E-state index contributed by atoms with van der Waals surface area (Å²) in [6, 6.07) is 5.68. The Hall–Kier alpha value is -1.88. The van der Waals surface area contributed by atoms with Crippen LogP contribution < -0.4 is 5.43 Å². The molecule has 5 heteroatoms. The van der Waals surface area contributed by atoms with Gasteiger partial charge >= 0.3 is 0 Å². The molecule has 0 unspecified atom stereocenters. The second kappa shape index (κ2) is 5.84. The van der Waals surface area contributed by atoms with Crippen molar-refractivity contribution >= 4 is 23.0 Å². The quantitative estimate of drug-likeness (QED) is 0.686. The van der Waals surface area contributed by atoms with Gasteiger partial charge < -0.3 is 4.42 Å². The lowest BCUT2D eigenvalue weighted by Gasteiger charge is -2.02. The minimum atomic E-state index is -0.239. The van der Waals surface area contributed by atoms with Gasteiger partial charge in [-0.25, -0.2) is 5.43 Å². The number of carbonyl (C=O) groups is 1. The molecule has 2 aromatic rings. The number of nitrogens with one attached hydrogen (secondary N) is 1. The molecule has 19 heavy (non-hydrogen) atoms. The van der Waals surface area contributed by atoms with Crippen molar-refractivity contribution in [2.24, 2.45) is 5.10 Å². The fraction of sp³-hybridized carbons (Fsp3) is 0.286. The molecular formula is C14H16N2O2S. The third-order valence-electron chi connectivity index (χ3n) is 2.72. The van der Waals surface area contributed by atoms with Crippen molar-refractivity contribution in [3.8, 4) is 0 Å². The van der Waals surface area contributed by atoms with E-state index >= 15 is 0 Å². The standard InChI is InChI=1S/C14H16N2O2S/c1-4-12(13-6-5-7-19-13)15-16-14(17)11-8-9(2)18-10(11)3/h5-8H,4H2,1-3H3,(H,16,17)/b15-12-. The Kier molecular flexibility index (Phi) is 4.16. The SMILES string of the molecule is CC/C(=N/NC(=O)c1cc(C)oc1C)c1cccs1. The Morgan fingerprint density at radius 2 is 2.26 bits per heavy atom. The zero-order chi connectivity index (χ0) is 13.8. The van der Waals surface area contributed by atoms with Crippen LogP contribution in [-0.2, 0) is 0 Å². The van der Waals surface area contributed by atoms with Gasteiger partial charge in [0, 0.05) is 0 Å². The monoisotopic (exact) mass is 276 g/mol. The number of aryl methyl sites for hydroxylation is 2. The fourth-order valence-electron chi connectivity index (χ4n) is 1.79. The van der Waals surface area contributed by atoms with Crippen molar-refractivity contribution < 1.29 is 9.21 Å². The van der Waals surface area contributed by atoms with Crippen LogP contribution in [0.2, 0.25) is 0 Å². The van der Waals surface area contributed by atoms with Gasteiger partial charge in [0.05, 0.1) is 16.2 Å². The van der Waals surface area contributed by atoms with E-state index in [1.807, 2.05) is 31.4 Å². The topological polar surface area (TPSA) is 54.6 Å². The number of carbonyl (C=O) groups excluding carboxylic acids is 1. The van der Waals surface area contributed by atoms with Crippen molar-refractivity contribution in [3.05, 3.63) is 45.5 Å². The Balaban J connectivity index is 2.13. The number of amides is 1. The third-order valence-corrected chi connectivity index (χ3v) is 3.64. The van der Waals surface area contributed by atoms with E-state index in [0.717, 1.165) is 22.8 Å². The summed E-state index contributed by atoms with van der Waals surface area (Å²) < 4.78 is 5.33. The first kappa shape index (κ1) is 13.5. The summed E-state index contributed by atoms with van der Waals surface area (Å²) in [6.07, 6.45) is 0.768. The number of furan rings is 1. The summed E-state index contributed by atoms with van der Waals surface area (Å²) >= 11 is 1.61. The highest BCUT2D eigenvalue weighted by Crippen LogP contribution is 2.14. The highest BCUT2D eigenvalue weighted by atomic mass is 32.1.